The van der Waals surface area contributed by atoms with Crippen LogP contribution in [0.4, 0.5) is 11.6 Å². The van der Waals surface area contributed by atoms with Crippen molar-refractivity contribution in [1.29, 1.82) is 0 Å². The summed E-state index contributed by atoms with van der Waals surface area (Å²) in [6.07, 6.45) is 3.15. The van der Waals surface area contributed by atoms with Crippen LogP contribution in [0.25, 0.3) is 0 Å². The van der Waals surface area contributed by atoms with Gasteiger partial charge in [-0.05, 0) is 13.8 Å². The molecule has 18 heavy (non-hydrogen) atoms. The Hall–Kier alpha value is -2.31. The molecule has 0 saturated carbocycles. The van der Waals surface area contributed by atoms with Crippen LogP contribution in [-0.2, 0) is 6.54 Å². The van der Waals surface area contributed by atoms with E-state index in [1.54, 1.807) is 6.20 Å². The van der Waals surface area contributed by atoms with Crippen molar-refractivity contribution >= 4 is 11.6 Å². The number of nitrogens with zero attached hydrogens (tertiary/aromatic N) is 3. The van der Waals surface area contributed by atoms with E-state index >= 15 is 0 Å². The number of aromatic nitrogens is 4. The van der Waals surface area contributed by atoms with E-state index in [1.807, 2.05) is 13.8 Å². The first-order chi connectivity index (χ1) is 8.72. The number of nitrogen functional groups attached to an aromatic ring is 1. The molecule has 0 amide bonds. The summed E-state index contributed by atoms with van der Waals surface area (Å²) in [4.78, 5) is 8.25. The highest BCUT2D eigenvalue weighted by atomic mass is 16.5. The Morgan fingerprint density at radius 3 is 2.94 bits per heavy atom. The van der Waals surface area contributed by atoms with E-state index in [1.165, 1.54) is 6.33 Å². The van der Waals surface area contributed by atoms with E-state index in [0.29, 0.717) is 24.8 Å². The minimum Gasteiger partial charge on any atom is -0.478 e. The highest BCUT2D eigenvalue weighted by molar-refractivity contribution is 5.49. The molecular weight excluding hydrogens is 232 g/mol. The van der Waals surface area contributed by atoms with Crippen LogP contribution in [0, 0.1) is 6.92 Å². The highest BCUT2D eigenvalue weighted by Gasteiger charge is 2.08. The number of anilines is 2. The zero-order valence-corrected chi connectivity index (χ0v) is 10.4. The molecule has 0 unspecified atom stereocenters. The molecule has 0 atom stereocenters. The first kappa shape index (κ1) is 12.2. The van der Waals surface area contributed by atoms with Crippen LogP contribution in [0.2, 0.25) is 0 Å². The molecular formula is C11H16N6O. The van der Waals surface area contributed by atoms with Gasteiger partial charge in [-0.2, -0.15) is 5.10 Å². The minimum atomic E-state index is 0.547. The maximum Gasteiger partial charge on any atom is 0.221 e. The average Bonchev–Trinajstić information content (AvgIpc) is 2.76. The van der Waals surface area contributed by atoms with E-state index in [2.05, 4.69) is 25.5 Å². The van der Waals surface area contributed by atoms with Crippen molar-refractivity contribution in [3.63, 3.8) is 0 Å². The van der Waals surface area contributed by atoms with Crippen molar-refractivity contribution in [2.75, 3.05) is 17.7 Å². The number of hydrogen-bond donors (Lipinski definition) is 3. The van der Waals surface area contributed by atoms with E-state index < -0.39 is 0 Å². The van der Waals surface area contributed by atoms with Gasteiger partial charge in [0.05, 0.1) is 18.4 Å². The predicted molar refractivity (Wildman–Crippen MR) is 68.3 cm³/mol. The van der Waals surface area contributed by atoms with Crippen LogP contribution in [0.1, 0.15) is 18.1 Å². The van der Waals surface area contributed by atoms with Crippen molar-refractivity contribution in [1.82, 2.24) is 20.2 Å². The maximum absolute atomic E-state index is 5.70. The number of H-pyrrole nitrogens is 1. The molecule has 0 saturated heterocycles. The lowest BCUT2D eigenvalue weighted by Crippen LogP contribution is -2.07. The summed E-state index contributed by atoms with van der Waals surface area (Å²) in [5.74, 6) is 1.88. The van der Waals surface area contributed by atoms with Gasteiger partial charge in [-0.25, -0.2) is 9.97 Å². The van der Waals surface area contributed by atoms with Crippen molar-refractivity contribution < 1.29 is 4.74 Å². The van der Waals surface area contributed by atoms with Gasteiger partial charge in [-0.3, -0.25) is 5.10 Å². The van der Waals surface area contributed by atoms with E-state index in [4.69, 9.17) is 10.5 Å². The molecule has 0 aliphatic carbocycles. The van der Waals surface area contributed by atoms with Crippen LogP contribution in [0.15, 0.2) is 12.5 Å². The second-order valence-corrected chi connectivity index (χ2v) is 3.75. The van der Waals surface area contributed by atoms with Crippen molar-refractivity contribution in [3.05, 3.63) is 23.7 Å². The number of aromatic amines is 1. The van der Waals surface area contributed by atoms with Gasteiger partial charge in [-0.15, -0.1) is 0 Å². The molecule has 2 heterocycles. The normalized spacial score (nSPS) is 10.3. The molecule has 0 fully saturated rings. The van der Waals surface area contributed by atoms with Gasteiger partial charge < -0.3 is 15.8 Å². The second kappa shape index (κ2) is 5.35. The molecule has 2 aromatic rings. The molecule has 2 rings (SSSR count). The smallest absolute Gasteiger partial charge is 0.221 e. The van der Waals surface area contributed by atoms with Gasteiger partial charge in [0.15, 0.2) is 0 Å². The van der Waals surface area contributed by atoms with Gasteiger partial charge in [0.25, 0.3) is 0 Å². The number of nitrogens with one attached hydrogen (secondary N) is 2. The summed E-state index contributed by atoms with van der Waals surface area (Å²) in [6.45, 7) is 4.95. The molecule has 7 heteroatoms. The molecule has 7 nitrogen and oxygen atoms in total. The summed E-state index contributed by atoms with van der Waals surface area (Å²) in [5, 5.41) is 9.72. The molecule has 0 aromatic carbocycles. The fourth-order valence-corrected chi connectivity index (χ4v) is 1.54. The van der Waals surface area contributed by atoms with Gasteiger partial charge in [0.1, 0.15) is 18.0 Å². The quantitative estimate of drug-likeness (QED) is 0.732. The first-order valence-corrected chi connectivity index (χ1v) is 5.68. The maximum atomic E-state index is 5.70. The summed E-state index contributed by atoms with van der Waals surface area (Å²) >= 11 is 0. The van der Waals surface area contributed by atoms with Crippen LogP contribution < -0.4 is 15.8 Å². The monoisotopic (exact) mass is 248 g/mol. The standard InChI is InChI=1S/C11H16N6O/c1-3-18-11-7(2)10(14-6-15-11)13-4-8-5-16-17-9(8)12/h5-6H,3-4H2,1-2H3,(H3,12,16,17)(H,13,14,15). The Morgan fingerprint density at radius 2 is 2.28 bits per heavy atom. The van der Waals surface area contributed by atoms with Gasteiger partial charge in [0, 0.05) is 12.1 Å². The zero-order chi connectivity index (χ0) is 13.0. The van der Waals surface area contributed by atoms with Crippen LogP contribution in [-0.4, -0.2) is 26.8 Å². The van der Waals surface area contributed by atoms with Crippen LogP contribution >= 0.6 is 0 Å². The van der Waals surface area contributed by atoms with Gasteiger partial charge >= 0.3 is 0 Å². The number of ether oxygens (including phenoxy) is 1. The first-order valence-electron chi connectivity index (χ1n) is 5.68. The second-order valence-electron chi connectivity index (χ2n) is 3.75. The molecule has 0 aliphatic rings. The number of hydrogen-bond acceptors (Lipinski definition) is 6. The fraction of sp³-hybridized carbons (Fsp3) is 0.364. The van der Waals surface area contributed by atoms with E-state index in [-0.39, 0.29) is 0 Å². The van der Waals surface area contributed by atoms with Crippen LogP contribution in [0.3, 0.4) is 0 Å². The Morgan fingerprint density at radius 1 is 1.44 bits per heavy atom. The molecule has 96 valence electrons. The third kappa shape index (κ3) is 2.50. The average molecular weight is 248 g/mol. The third-order valence-corrected chi connectivity index (χ3v) is 2.52. The van der Waals surface area contributed by atoms with Crippen molar-refractivity contribution in [2.24, 2.45) is 0 Å². The number of nitrogens with two attached hydrogens (primary N) is 1. The Balaban J connectivity index is 2.10. The van der Waals surface area contributed by atoms with Crippen molar-refractivity contribution in [3.8, 4) is 5.88 Å². The zero-order valence-electron chi connectivity index (χ0n) is 10.4. The van der Waals surface area contributed by atoms with Gasteiger partial charge in [-0.1, -0.05) is 0 Å². The fourth-order valence-electron chi connectivity index (χ4n) is 1.54. The largest absolute Gasteiger partial charge is 0.478 e. The van der Waals surface area contributed by atoms with E-state index in [9.17, 15) is 0 Å². The van der Waals surface area contributed by atoms with Gasteiger partial charge in [0.2, 0.25) is 5.88 Å². The number of rotatable bonds is 5. The summed E-state index contributed by atoms with van der Waals surface area (Å²) in [5.41, 5.74) is 7.48. The molecule has 0 bridgehead atoms. The Kier molecular flexibility index (Phi) is 3.61. The topological polar surface area (TPSA) is 102 Å². The summed E-state index contributed by atoms with van der Waals surface area (Å²) < 4.78 is 5.40. The third-order valence-electron chi connectivity index (χ3n) is 2.52. The van der Waals surface area contributed by atoms with E-state index in [0.717, 1.165) is 16.9 Å². The SMILES string of the molecule is CCOc1ncnc(NCc2cn[nH]c2N)c1C. The molecule has 2 aromatic heterocycles. The van der Waals surface area contributed by atoms with Crippen LogP contribution in [0.5, 0.6) is 5.88 Å². The lowest BCUT2D eigenvalue weighted by Gasteiger charge is -2.10. The lowest BCUT2D eigenvalue weighted by atomic mass is 10.3. The summed E-state index contributed by atoms with van der Waals surface area (Å²) in [7, 11) is 0. The summed E-state index contributed by atoms with van der Waals surface area (Å²) in [6, 6.07) is 0. The lowest BCUT2D eigenvalue weighted by molar-refractivity contribution is 0.324. The highest BCUT2D eigenvalue weighted by Crippen LogP contribution is 2.21. The van der Waals surface area contributed by atoms with Crippen molar-refractivity contribution in [2.45, 2.75) is 20.4 Å². The molecule has 0 radical (unpaired) electrons. The molecule has 0 spiro atoms. The molecule has 4 N–H and O–H groups in total. The Bertz CT molecular complexity index is 524. The minimum absolute atomic E-state index is 0.547. The molecule has 0 aliphatic heterocycles. The Labute approximate surface area is 105 Å². The predicted octanol–water partition coefficient (Wildman–Crippen LogP) is 1.10.